The van der Waals surface area contributed by atoms with Crippen LogP contribution in [0.3, 0.4) is 0 Å². The van der Waals surface area contributed by atoms with E-state index in [2.05, 4.69) is 44.2 Å². The fourth-order valence-electron chi connectivity index (χ4n) is 2.10. The van der Waals surface area contributed by atoms with E-state index in [1.807, 2.05) is 23.1 Å². The third kappa shape index (κ3) is 2.76. The molecule has 0 saturated heterocycles. The molecule has 0 bridgehead atoms. The van der Waals surface area contributed by atoms with Crippen molar-refractivity contribution in [3.8, 4) is 0 Å². The van der Waals surface area contributed by atoms with Crippen LogP contribution in [0.15, 0.2) is 6.07 Å². The Labute approximate surface area is 118 Å². The Morgan fingerprint density at radius 2 is 2.11 bits per heavy atom. The van der Waals surface area contributed by atoms with E-state index in [9.17, 15) is 0 Å². The monoisotopic (exact) mass is 278 g/mol. The second-order valence-corrected chi connectivity index (χ2v) is 6.57. The summed E-state index contributed by atoms with van der Waals surface area (Å²) in [6, 6.07) is 2.23. The summed E-state index contributed by atoms with van der Waals surface area (Å²) in [5, 5.41) is 7.88. The van der Waals surface area contributed by atoms with Gasteiger partial charge in [-0.3, -0.25) is 4.68 Å². The number of nitrogen functional groups attached to an aromatic ring is 1. The highest BCUT2D eigenvalue weighted by Gasteiger charge is 2.15. The summed E-state index contributed by atoms with van der Waals surface area (Å²) in [6.45, 7) is 9.30. The van der Waals surface area contributed by atoms with E-state index in [-0.39, 0.29) is 0 Å². The van der Waals surface area contributed by atoms with Gasteiger partial charge in [-0.25, -0.2) is 0 Å². The van der Waals surface area contributed by atoms with Gasteiger partial charge in [0.1, 0.15) is 5.82 Å². The lowest BCUT2D eigenvalue weighted by molar-refractivity contribution is 0.715. The molecule has 0 aliphatic rings. The summed E-state index contributed by atoms with van der Waals surface area (Å²) in [6.07, 6.45) is 0. The number of hydrogen-bond donors (Lipinski definition) is 2. The molecule has 104 valence electrons. The second-order valence-electron chi connectivity index (χ2n) is 5.23. The van der Waals surface area contributed by atoms with Crippen LogP contribution < -0.4 is 11.1 Å². The Bertz CT molecular complexity index is 561. The third-order valence-electron chi connectivity index (χ3n) is 3.31. The van der Waals surface area contributed by atoms with Crippen LogP contribution in [0, 0.1) is 13.8 Å². The average Bonchev–Trinajstić information content (AvgIpc) is 2.79. The Morgan fingerprint density at radius 3 is 2.58 bits per heavy atom. The fraction of sp³-hybridized carbons (Fsp3) is 0.500. The van der Waals surface area contributed by atoms with Crippen LogP contribution in [0.25, 0.3) is 0 Å². The van der Waals surface area contributed by atoms with Crippen molar-refractivity contribution in [3.05, 3.63) is 27.1 Å². The lowest BCUT2D eigenvalue weighted by Crippen LogP contribution is -2.05. The number of hydrogen-bond acceptors (Lipinski definition) is 4. The maximum absolute atomic E-state index is 6.16. The van der Waals surface area contributed by atoms with E-state index in [1.54, 1.807) is 0 Å². The Morgan fingerprint density at radius 1 is 1.42 bits per heavy atom. The predicted octanol–water partition coefficient (Wildman–Crippen LogP) is 3.42. The molecule has 2 heterocycles. The van der Waals surface area contributed by atoms with Crippen LogP contribution in [-0.2, 0) is 13.6 Å². The molecule has 2 rings (SSSR count). The molecule has 0 unspecified atom stereocenters. The van der Waals surface area contributed by atoms with Crippen molar-refractivity contribution in [1.82, 2.24) is 9.78 Å². The Kier molecular flexibility index (Phi) is 3.85. The highest BCUT2D eigenvalue weighted by Crippen LogP contribution is 2.29. The zero-order chi connectivity index (χ0) is 14.2. The number of anilines is 2. The average molecular weight is 278 g/mol. The summed E-state index contributed by atoms with van der Waals surface area (Å²) in [4.78, 5) is 2.69. The molecule has 0 atom stereocenters. The third-order valence-corrected chi connectivity index (χ3v) is 4.46. The lowest BCUT2D eigenvalue weighted by atomic mass is 10.1. The minimum absolute atomic E-state index is 0.341. The van der Waals surface area contributed by atoms with Crippen LogP contribution in [0.2, 0.25) is 0 Å². The van der Waals surface area contributed by atoms with Crippen molar-refractivity contribution in [3.63, 3.8) is 0 Å². The SMILES string of the molecule is Cc1cc(CNc2c(N)c(C(C)C)nn2C)sc1C. The number of nitrogens with two attached hydrogens (primary N) is 1. The minimum Gasteiger partial charge on any atom is -0.394 e. The molecule has 2 aromatic rings. The molecule has 0 aliphatic carbocycles. The normalized spacial score (nSPS) is 11.3. The molecular formula is C14H22N4S. The predicted molar refractivity (Wildman–Crippen MR) is 82.8 cm³/mol. The van der Waals surface area contributed by atoms with Gasteiger partial charge < -0.3 is 11.1 Å². The highest BCUT2D eigenvalue weighted by atomic mass is 32.1. The van der Waals surface area contributed by atoms with Crippen molar-refractivity contribution in [1.29, 1.82) is 0 Å². The number of thiophene rings is 1. The fourth-order valence-corrected chi connectivity index (χ4v) is 3.10. The number of aromatic nitrogens is 2. The van der Waals surface area contributed by atoms with E-state index < -0.39 is 0 Å². The number of nitrogens with one attached hydrogen (secondary N) is 1. The lowest BCUT2D eigenvalue weighted by Gasteiger charge is -2.06. The smallest absolute Gasteiger partial charge is 0.148 e. The quantitative estimate of drug-likeness (QED) is 0.901. The molecule has 0 fully saturated rings. The maximum Gasteiger partial charge on any atom is 0.148 e. The van der Waals surface area contributed by atoms with Crippen molar-refractivity contribution in [2.45, 2.75) is 40.2 Å². The van der Waals surface area contributed by atoms with E-state index in [1.165, 1.54) is 15.3 Å². The summed E-state index contributed by atoms with van der Waals surface area (Å²) in [5.41, 5.74) is 9.24. The Balaban J connectivity index is 2.15. The van der Waals surface area contributed by atoms with Gasteiger partial charge in [0.05, 0.1) is 17.9 Å². The standard InChI is InChI=1S/C14H22N4S/c1-8(2)13-12(15)14(18(5)17-13)16-7-11-6-9(3)10(4)19-11/h6,8,16H,7,15H2,1-5H3. The molecular weight excluding hydrogens is 256 g/mol. The van der Waals surface area contributed by atoms with Crippen molar-refractivity contribution in [2.24, 2.45) is 7.05 Å². The first-order valence-electron chi connectivity index (χ1n) is 6.52. The summed E-state index contributed by atoms with van der Waals surface area (Å²) in [5.74, 6) is 1.25. The second kappa shape index (κ2) is 5.25. The van der Waals surface area contributed by atoms with Crippen LogP contribution >= 0.6 is 11.3 Å². The van der Waals surface area contributed by atoms with Gasteiger partial charge in [0.2, 0.25) is 0 Å². The van der Waals surface area contributed by atoms with Gasteiger partial charge in [-0.1, -0.05) is 13.8 Å². The molecule has 0 amide bonds. The molecule has 0 aromatic carbocycles. The van der Waals surface area contributed by atoms with Crippen LogP contribution in [0.5, 0.6) is 0 Å². The van der Waals surface area contributed by atoms with E-state index in [0.29, 0.717) is 5.92 Å². The number of aryl methyl sites for hydroxylation is 3. The van der Waals surface area contributed by atoms with Gasteiger partial charge in [-0.05, 0) is 31.4 Å². The van der Waals surface area contributed by atoms with Gasteiger partial charge in [-0.2, -0.15) is 5.10 Å². The molecule has 0 saturated carbocycles. The first-order chi connectivity index (χ1) is 8.90. The highest BCUT2D eigenvalue weighted by molar-refractivity contribution is 7.12. The zero-order valence-corrected chi connectivity index (χ0v) is 13.1. The van der Waals surface area contributed by atoms with E-state index >= 15 is 0 Å². The molecule has 3 N–H and O–H groups in total. The molecule has 2 aromatic heterocycles. The molecule has 19 heavy (non-hydrogen) atoms. The summed E-state index contributed by atoms with van der Waals surface area (Å²) >= 11 is 1.83. The number of rotatable bonds is 4. The maximum atomic E-state index is 6.16. The Hall–Kier alpha value is -1.49. The largest absolute Gasteiger partial charge is 0.394 e. The van der Waals surface area contributed by atoms with E-state index in [0.717, 1.165) is 23.7 Å². The van der Waals surface area contributed by atoms with Gasteiger partial charge in [0, 0.05) is 16.8 Å². The van der Waals surface area contributed by atoms with Crippen LogP contribution in [0.4, 0.5) is 11.5 Å². The van der Waals surface area contributed by atoms with Crippen LogP contribution in [0.1, 0.15) is 40.8 Å². The molecule has 0 radical (unpaired) electrons. The molecule has 0 spiro atoms. The van der Waals surface area contributed by atoms with Gasteiger partial charge in [-0.15, -0.1) is 11.3 Å². The summed E-state index contributed by atoms with van der Waals surface area (Å²) in [7, 11) is 1.93. The van der Waals surface area contributed by atoms with Crippen molar-refractivity contribution < 1.29 is 0 Å². The first-order valence-corrected chi connectivity index (χ1v) is 7.34. The number of nitrogens with zero attached hydrogens (tertiary/aromatic N) is 2. The van der Waals surface area contributed by atoms with Gasteiger partial charge in [0.15, 0.2) is 0 Å². The van der Waals surface area contributed by atoms with Crippen molar-refractivity contribution in [2.75, 3.05) is 11.1 Å². The van der Waals surface area contributed by atoms with E-state index in [4.69, 9.17) is 5.73 Å². The first kappa shape index (κ1) is 13.9. The molecule has 0 aliphatic heterocycles. The minimum atomic E-state index is 0.341. The topological polar surface area (TPSA) is 55.9 Å². The van der Waals surface area contributed by atoms with Crippen molar-refractivity contribution >= 4 is 22.8 Å². The van der Waals surface area contributed by atoms with Gasteiger partial charge >= 0.3 is 0 Å². The zero-order valence-electron chi connectivity index (χ0n) is 12.2. The van der Waals surface area contributed by atoms with Crippen LogP contribution in [-0.4, -0.2) is 9.78 Å². The van der Waals surface area contributed by atoms with Gasteiger partial charge in [0.25, 0.3) is 0 Å². The summed E-state index contributed by atoms with van der Waals surface area (Å²) < 4.78 is 1.83. The molecule has 5 heteroatoms. The molecule has 4 nitrogen and oxygen atoms in total.